The number of hydrogen-bond acceptors (Lipinski definition) is 4. The fraction of sp³-hybridized carbons (Fsp3) is 0.778. The largest absolute Gasteiger partial charge is 0.357 e. The standard InChI is InChI=1S/C18H33N5S.HI/c1-5-19-18(21-12-16-8-7-11-23(16)6-2)20-10-9-15-13-24-17(22-15)14(3)4;/h13-14,16H,5-12H2,1-4H3,(H2,19,20,21);1H. The summed E-state index contributed by atoms with van der Waals surface area (Å²) in [5, 5.41) is 10.2. The molecule has 2 heterocycles. The molecule has 1 aromatic rings. The first-order valence-corrected chi connectivity index (χ1v) is 10.2. The van der Waals surface area contributed by atoms with Crippen LogP contribution in [0.5, 0.6) is 0 Å². The molecule has 1 saturated heterocycles. The third kappa shape index (κ3) is 7.38. The number of aromatic nitrogens is 1. The molecule has 1 atom stereocenters. The number of guanidine groups is 1. The van der Waals surface area contributed by atoms with E-state index in [0.717, 1.165) is 38.6 Å². The lowest BCUT2D eigenvalue weighted by atomic mass is 10.2. The second-order valence-electron chi connectivity index (χ2n) is 6.65. The smallest absolute Gasteiger partial charge is 0.191 e. The van der Waals surface area contributed by atoms with Crippen molar-refractivity contribution >= 4 is 41.3 Å². The van der Waals surface area contributed by atoms with Crippen molar-refractivity contribution in [2.45, 2.75) is 58.9 Å². The van der Waals surface area contributed by atoms with Gasteiger partial charge in [0.1, 0.15) is 0 Å². The quantitative estimate of drug-likeness (QED) is 0.341. The van der Waals surface area contributed by atoms with E-state index in [0.29, 0.717) is 12.0 Å². The molecule has 0 radical (unpaired) electrons. The van der Waals surface area contributed by atoms with Gasteiger partial charge in [-0.25, -0.2) is 4.98 Å². The predicted molar refractivity (Wildman–Crippen MR) is 120 cm³/mol. The Balaban J connectivity index is 0.00000312. The predicted octanol–water partition coefficient (Wildman–Crippen LogP) is 3.47. The Kier molecular flexibility index (Phi) is 10.9. The van der Waals surface area contributed by atoms with E-state index < -0.39 is 0 Å². The number of nitrogens with one attached hydrogen (secondary N) is 2. The van der Waals surface area contributed by atoms with Gasteiger partial charge in [-0.15, -0.1) is 35.3 Å². The van der Waals surface area contributed by atoms with Crippen molar-refractivity contribution in [2.24, 2.45) is 4.99 Å². The van der Waals surface area contributed by atoms with Gasteiger partial charge in [0, 0.05) is 36.9 Å². The monoisotopic (exact) mass is 479 g/mol. The lowest BCUT2D eigenvalue weighted by molar-refractivity contribution is 0.273. The van der Waals surface area contributed by atoms with Crippen LogP contribution in [0.15, 0.2) is 10.4 Å². The molecule has 0 bridgehead atoms. The Hall–Kier alpha value is -0.410. The molecule has 0 aromatic carbocycles. The average Bonchev–Trinajstić information content (AvgIpc) is 3.21. The van der Waals surface area contributed by atoms with Crippen LogP contribution in [-0.2, 0) is 6.42 Å². The molecule has 1 aliphatic rings. The molecule has 0 spiro atoms. The van der Waals surface area contributed by atoms with E-state index in [1.54, 1.807) is 11.3 Å². The number of likely N-dealkylation sites (N-methyl/N-ethyl adjacent to an activating group) is 1. The van der Waals surface area contributed by atoms with Crippen LogP contribution in [-0.4, -0.2) is 54.6 Å². The third-order valence-corrected chi connectivity index (χ3v) is 5.64. The van der Waals surface area contributed by atoms with Crippen LogP contribution in [0.4, 0.5) is 0 Å². The minimum Gasteiger partial charge on any atom is -0.357 e. The first-order chi connectivity index (χ1) is 11.6. The zero-order valence-corrected chi connectivity index (χ0v) is 19.2. The van der Waals surface area contributed by atoms with Gasteiger partial charge in [-0.3, -0.25) is 9.89 Å². The molecular formula is C18H34IN5S. The van der Waals surface area contributed by atoms with Gasteiger partial charge in [0.25, 0.3) is 0 Å². The number of rotatable bonds is 8. The Morgan fingerprint density at radius 2 is 2.20 bits per heavy atom. The first-order valence-electron chi connectivity index (χ1n) is 9.34. The maximum atomic E-state index is 4.79. The summed E-state index contributed by atoms with van der Waals surface area (Å²) in [7, 11) is 0. The molecule has 0 amide bonds. The fourth-order valence-electron chi connectivity index (χ4n) is 3.07. The second kappa shape index (κ2) is 12.1. The average molecular weight is 479 g/mol. The summed E-state index contributed by atoms with van der Waals surface area (Å²) in [4.78, 5) is 12.0. The van der Waals surface area contributed by atoms with Crippen LogP contribution in [0.25, 0.3) is 0 Å². The van der Waals surface area contributed by atoms with Gasteiger partial charge >= 0.3 is 0 Å². The summed E-state index contributed by atoms with van der Waals surface area (Å²) in [6, 6.07) is 0.609. The molecular weight excluding hydrogens is 445 g/mol. The van der Waals surface area contributed by atoms with E-state index in [4.69, 9.17) is 9.98 Å². The highest BCUT2D eigenvalue weighted by Gasteiger charge is 2.22. The summed E-state index contributed by atoms with van der Waals surface area (Å²) >= 11 is 1.77. The van der Waals surface area contributed by atoms with Crippen LogP contribution in [0.3, 0.4) is 0 Å². The van der Waals surface area contributed by atoms with Crippen molar-refractivity contribution in [2.75, 3.05) is 32.7 Å². The van der Waals surface area contributed by atoms with Crippen LogP contribution in [0, 0.1) is 0 Å². The molecule has 1 fully saturated rings. The number of nitrogens with zero attached hydrogens (tertiary/aromatic N) is 3. The Labute approximate surface area is 174 Å². The summed E-state index contributed by atoms with van der Waals surface area (Å²) in [5.74, 6) is 1.45. The van der Waals surface area contributed by atoms with Crippen molar-refractivity contribution in [1.82, 2.24) is 20.5 Å². The summed E-state index contributed by atoms with van der Waals surface area (Å²) in [6.45, 7) is 13.7. The first kappa shape index (κ1) is 22.6. The lowest BCUT2D eigenvalue weighted by Gasteiger charge is -2.21. The maximum absolute atomic E-state index is 4.79. The van der Waals surface area contributed by atoms with Crippen LogP contribution < -0.4 is 10.6 Å². The van der Waals surface area contributed by atoms with E-state index in [1.807, 2.05) is 0 Å². The molecule has 0 aliphatic carbocycles. The molecule has 1 aromatic heterocycles. The fourth-order valence-corrected chi connectivity index (χ4v) is 3.94. The molecule has 0 saturated carbocycles. The number of hydrogen-bond donors (Lipinski definition) is 2. The molecule has 1 unspecified atom stereocenters. The van der Waals surface area contributed by atoms with Gasteiger partial charge in [0.05, 0.1) is 17.2 Å². The zero-order valence-electron chi connectivity index (χ0n) is 16.0. The Bertz CT molecular complexity index is 517. The summed E-state index contributed by atoms with van der Waals surface area (Å²) < 4.78 is 0. The van der Waals surface area contributed by atoms with Crippen molar-refractivity contribution < 1.29 is 0 Å². The topological polar surface area (TPSA) is 52.6 Å². The molecule has 2 rings (SSSR count). The minimum absolute atomic E-state index is 0. The van der Waals surface area contributed by atoms with Crippen molar-refractivity contribution in [1.29, 1.82) is 0 Å². The highest BCUT2D eigenvalue weighted by Crippen LogP contribution is 2.19. The molecule has 144 valence electrons. The molecule has 7 heteroatoms. The normalized spacial score (nSPS) is 18.4. The molecule has 2 N–H and O–H groups in total. The van der Waals surface area contributed by atoms with E-state index in [9.17, 15) is 0 Å². The summed E-state index contributed by atoms with van der Waals surface area (Å²) in [6.07, 6.45) is 3.52. The van der Waals surface area contributed by atoms with E-state index in [2.05, 4.69) is 48.6 Å². The molecule has 1 aliphatic heterocycles. The number of thiazole rings is 1. The van der Waals surface area contributed by atoms with Gasteiger partial charge in [0.15, 0.2) is 5.96 Å². The zero-order chi connectivity index (χ0) is 17.4. The second-order valence-corrected chi connectivity index (χ2v) is 7.54. The van der Waals surface area contributed by atoms with Crippen molar-refractivity contribution in [3.8, 4) is 0 Å². The molecule has 25 heavy (non-hydrogen) atoms. The van der Waals surface area contributed by atoms with Crippen molar-refractivity contribution in [3.63, 3.8) is 0 Å². The highest BCUT2D eigenvalue weighted by molar-refractivity contribution is 14.0. The van der Waals surface area contributed by atoms with Gasteiger partial charge in [-0.2, -0.15) is 0 Å². The van der Waals surface area contributed by atoms with E-state index in [-0.39, 0.29) is 24.0 Å². The highest BCUT2D eigenvalue weighted by atomic mass is 127. The van der Waals surface area contributed by atoms with Crippen LogP contribution in [0.2, 0.25) is 0 Å². The van der Waals surface area contributed by atoms with Crippen molar-refractivity contribution in [3.05, 3.63) is 16.1 Å². The summed E-state index contributed by atoms with van der Waals surface area (Å²) in [5.41, 5.74) is 1.18. The maximum Gasteiger partial charge on any atom is 0.191 e. The number of aliphatic imine (C=N–C) groups is 1. The molecule has 5 nitrogen and oxygen atoms in total. The van der Waals surface area contributed by atoms with Gasteiger partial charge in [-0.05, 0) is 32.9 Å². The van der Waals surface area contributed by atoms with Crippen LogP contribution in [0.1, 0.15) is 57.2 Å². The lowest BCUT2D eigenvalue weighted by Crippen LogP contribution is -2.40. The van der Waals surface area contributed by atoms with E-state index >= 15 is 0 Å². The Morgan fingerprint density at radius 3 is 2.84 bits per heavy atom. The number of halogens is 1. The SMILES string of the molecule is CCNC(=NCC1CCCN1CC)NCCc1csc(C(C)C)n1.I. The minimum atomic E-state index is 0. The van der Waals surface area contributed by atoms with Gasteiger partial charge in [0.2, 0.25) is 0 Å². The third-order valence-electron chi connectivity index (χ3n) is 4.45. The van der Waals surface area contributed by atoms with Gasteiger partial charge in [-0.1, -0.05) is 20.8 Å². The van der Waals surface area contributed by atoms with Gasteiger partial charge < -0.3 is 10.6 Å². The van der Waals surface area contributed by atoms with E-state index in [1.165, 1.54) is 30.1 Å². The van der Waals surface area contributed by atoms with Crippen LogP contribution >= 0.6 is 35.3 Å². The number of likely N-dealkylation sites (tertiary alicyclic amines) is 1. The Morgan fingerprint density at radius 1 is 1.40 bits per heavy atom.